The van der Waals surface area contributed by atoms with Gasteiger partial charge >= 0.3 is 0 Å². The number of hydrogen-bond acceptors (Lipinski definition) is 2. The van der Waals surface area contributed by atoms with Gasteiger partial charge < -0.3 is 9.67 Å². The summed E-state index contributed by atoms with van der Waals surface area (Å²) in [7, 11) is 0. The van der Waals surface area contributed by atoms with Crippen molar-refractivity contribution >= 4 is 11.0 Å². The van der Waals surface area contributed by atoms with Crippen LogP contribution < -0.4 is 0 Å². The Morgan fingerprint density at radius 3 is 2.75 bits per heavy atom. The zero-order valence-electron chi connectivity index (χ0n) is 8.82. The molecule has 0 aliphatic heterocycles. The van der Waals surface area contributed by atoms with E-state index in [1.165, 1.54) is 6.33 Å². The molecule has 1 aromatic heterocycles. The van der Waals surface area contributed by atoms with E-state index in [0.29, 0.717) is 24.0 Å². The molecule has 0 unspecified atom stereocenters. The fourth-order valence-corrected chi connectivity index (χ4v) is 1.56. The molecule has 1 N–H and O–H groups in total. The third-order valence-electron chi connectivity index (χ3n) is 2.45. The van der Waals surface area contributed by atoms with Crippen molar-refractivity contribution in [2.24, 2.45) is 0 Å². The summed E-state index contributed by atoms with van der Waals surface area (Å²) < 4.78 is 27.6. The van der Waals surface area contributed by atoms with Crippen molar-refractivity contribution in [3.63, 3.8) is 0 Å². The monoisotopic (exact) mass is 226 g/mol. The molecular weight excluding hydrogens is 214 g/mol. The minimum absolute atomic E-state index is 0.421. The maximum atomic E-state index is 13.0. The summed E-state index contributed by atoms with van der Waals surface area (Å²) in [5.74, 6) is -1.78. The number of hydrogen-bond donors (Lipinski definition) is 1. The van der Waals surface area contributed by atoms with E-state index in [9.17, 15) is 8.78 Å². The van der Waals surface area contributed by atoms with Crippen LogP contribution in [-0.4, -0.2) is 20.8 Å². The van der Waals surface area contributed by atoms with E-state index in [-0.39, 0.29) is 0 Å². The van der Waals surface area contributed by atoms with Gasteiger partial charge in [-0.3, -0.25) is 0 Å². The number of aromatic nitrogens is 2. The van der Waals surface area contributed by atoms with Gasteiger partial charge in [-0.15, -0.1) is 0 Å². The second-order valence-corrected chi connectivity index (χ2v) is 3.83. The Hall–Kier alpha value is -1.49. The predicted molar refractivity (Wildman–Crippen MR) is 55.9 cm³/mol. The Balaban J connectivity index is 2.36. The maximum absolute atomic E-state index is 13.0. The Kier molecular flexibility index (Phi) is 2.87. The van der Waals surface area contributed by atoms with Gasteiger partial charge in [0.2, 0.25) is 0 Å². The molecule has 1 atom stereocenters. The van der Waals surface area contributed by atoms with Crippen LogP contribution in [0.25, 0.3) is 11.0 Å². The van der Waals surface area contributed by atoms with Gasteiger partial charge in [0, 0.05) is 18.7 Å². The predicted octanol–water partition coefficient (Wildman–Crippen LogP) is 2.09. The van der Waals surface area contributed by atoms with Gasteiger partial charge in [-0.25, -0.2) is 13.8 Å². The van der Waals surface area contributed by atoms with Crippen molar-refractivity contribution in [2.45, 2.75) is 26.0 Å². The highest BCUT2D eigenvalue weighted by molar-refractivity contribution is 5.75. The summed E-state index contributed by atoms with van der Waals surface area (Å²) >= 11 is 0. The maximum Gasteiger partial charge on any atom is 0.161 e. The summed E-state index contributed by atoms with van der Waals surface area (Å²) in [6.45, 7) is 2.21. The molecule has 0 aliphatic carbocycles. The number of aliphatic hydroxyl groups is 1. The normalized spacial score (nSPS) is 13.2. The number of aliphatic hydroxyl groups excluding tert-OH is 1. The van der Waals surface area contributed by atoms with Crippen LogP contribution >= 0.6 is 0 Å². The van der Waals surface area contributed by atoms with E-state index in [4.69, 9.17) is 5.11 Å². The van der Waals surface area contributed by atoms with Crippen LogP contribution in [0.5, 0.6) is 0 Å². The van der Waals surface area contributed by atoms with Crippen LogP contribution in [0.1, 0.15) is 13.3 Å². The number of fused-ring (bicyclic) bond motifs is 1. The van der Waals surface area contributed by atoms with Crippen molar-refractivity contribution in [3.8, 4) is 0 Å². The van der Waals surface area contributed by atoms with Gasteiger partial charge in [0.05, 0.1) is 23.5 Å². The zero-order chi connectivity index (χ0) is 11.7. The van der Waals surface area contributed by atoms with Gasteiger partial charge in [-0.1, -0.05) is 0 Å². The highest BCUT2D eigenvalue weighted by Crippen LogP contribution is 2.17. The van der Waals surface area contributed by atoms with Crippen LogP contribution in [0.4, 0.5) is 8.78 Å². The molecule has 0 amide bonds. The van der Waals surface area contributed by atoms with E-state index in [1.54, 1.807) is 11.5 Å². The molecule has 0 bridgehead atoms. The molecule has 0 radical (unpaired) electrons. The number of rotatable bonds is 3. The molecule has 0 fully saturated rings. The van der Waals surface area contributed by atoms with E-state index in [2.05, 4.69) is 4.98 Å². The first-order chi connectivity index (χ1) is 7.58. The molecule has 1 aromatic carbocycles. The lowest BCUT2D eigenvalue weighted by molar-refractivity contribution is 0.178. The molecular formula is C11H12F2N2O. The van der Waals surface area contributed by atoms with Gasteiger partial charge in [-0.05, 0) is 13.3 Å². The minimum Gasteiger partial charge on any atom is -0.393 e. The number of halogens is 2. The van der Waals surface area contributed by atoms with E-state index in [1.807, 2.05) is 0 Å². The van der Waals surface area contributed by atoms with Crippen LogP contribution in [-0.2, 0) is 6.54 Å². The van der Waals surface area contributed by atoms with Crippen molar-refractivity contribution in [1.29, 1.82) is 0 Å². The summed E-state index contributed by atoms with van der Waals surface area (Å²) in [4.78, 5) is 3.97. The average molecular weight is 226 g/mol. The molecule has 0 aliphatic rings. The lowest BCUT2D eigenvalue weighted by atomic mass is 10.2. The fourth-order valence-electron chi connectivity index (χ4n) is 1.56. The third-order valence-corrected chi connectivity index (χ3v) is 2.45. The van der Waals surface area contributed by atoms with E-state index >= 15 is 0 Å². The van der Waals surface area contributed by atoms with Gasteiger partial charge in [0.15, 0.2) is 11.6 Å². The molecule has 86 valence electrons. The number of benzene rings is 1. The molecule has 5 heteroatoms. The SMILES string of the molecule is C[C@H](O)CCn1cnc2cc(F)c(F)cc21. The van der Waals surface area contributed by atoms with Crippen LogP contribution in [0.3, 0.4) is 0 Å². The lowest BCUT2D eigenvalue weighted by Gasteiger charge is -2.06. The van der Waals surface area contributed by atoms with Crippen molar-refractivity contribution < 1.29 is 13.9 Å². The van der Waals surface area contributed by atoms with E-state index < -0.39 is 17.7 Å². The van der Waals surface area contributed by atoms with Crippen LogP contribution in [0.15, 0.2) is 18.5 Å². The highest BCUT2D eigenvalue weighted by atomic mass is 19.2. The minimum atomic E-state index is -0.895. The van der Waals surface area contributed by atoms with Crippen molar-refractivity contribution in [3.05, 3.63) is 30.1 Å². The smallest absolute Gasteiger partial charge is 0.161 e. The third kappa shape index (κ3) is 2.04. The number of imidazole rings is 1. The highest BCUT2D eigenvalue weighted by Gasteiger charge is 2.09. The quantitative estimate of drug-likeness (QED) is 0.870. The molecule has 0 saturated heterocycles. The Bertz CT molecular complexity index is 508. The molecule has 0 spiro atoms. The molecule has 16 heavy (non-hydrogen) atoms. The summed E-state index contributed by atoms with van der Waals surface area (Å²) in [6.07, 6.45) is 1.64. The second-order valence-electron chi connectivity index (χ2n) is 3.83. The Morgan fingerprint density at radius 1 is 1.38 bits per heavy atom. The first kappa shape index (κ1) is 11.0. The Labute approximate surface area is 91.3 Å². The zero-order valence-corrected chi connectivity index (χ0v) is 8.82. The molecule has 2 aromatic rings. The fraction of sp³-hybridized carbons (Fsp3) is 0.364. The Morgan fingerprint density at radius 2 is 2.06 bits per heavy atom. The van der Waals surface area contributed by atoms with Crippen LogP contribution in [0.2, 0.25) is 0 Å². The molecule has 2 rings (SSSR count). The van der Waals surface area contributed by atoms with Gasteiger partial charge in [-0.2, -0.15) is 0 Å². The summed E-state index contributed by atoms with van der Waals surface area (Å²) in [5.41, 5.74) is 0.962. The largest absolute Gasteiger partial charge is 0.393 e. The molecule has 1 heterocycles. The van der Waals surface area contributed by atoms with Crippen molar-refractivity contribution in [2.75, 3.05) is 0 Å². The first-order valence-corrected chi connectivity index (χ1v) is 5.06. The summed E-state index contributed by atoms with van der Waals surface area (Å²) in [6, 6.07) is 2.20. The second kappa shape index (κ2) is 4.17. The van der Waals surface area contributed by atoms with E-state index in [0.717, 1.165) is 12.1 Å². The first-order valence-electron chi connectivity index (χ1n) is 5.06. The number of aryl methyl sites for hydroxylation is 1. The molecule has 0 saturated carbocycles. The van der Waals surface area contributed by atoms with Crippen molar-refractivity contribution in [1.82, 2.24) is 9.55 Å². The average Bonchev–Trinajstić information content (AvgIpc) is 2.58. The topological polar surface area (TPSA) is 38.0 Å². The number of nitrogens with zero attached hydrogens (tertiary/aromatic N) is 2. The molecule has 3 nitrogen and oxygen atoms in total. The van der Waals surface area contributed by atoms with Crippen LogP contribution in [0, 0.1) is 11.6 Å². The lowest BCUT2D eigenvalue weighted by Crippen LogP contribution is -2.06. The summed E-state index contributed by atoms with van der Waals surface area (Å²) in [5, 5.41) is 9.15. The van der Waals surface area contributed by atoms with Gasteiger partial charge in [0.25, 0.3) is 0 Å². The van der Waals surface area contributed by atoms with Gasteiger partial charge in [0.1, 0.15) is 0 Å². The standard InChI is InChI=1S/C11H12F2N2O/c1-7(16)2-3-15-6-14-10-4-8(12)9(13)5-11(10)15/h4-7,16H,2-3H2,1H3/t7-/m0/s1.